The molecule has 1 fully saturated rings. The van der Waals surface area contributed by atoms with Gasteiger partial charge >= 0.3 is 0 Å². The van der Waals surface area contributed by atoms with Crippen LogP contribution in [0, 0.1) is 3.95 Å². The number of methoxy groups -OCH3 is 1. The highest BCUT2D eigenvalue weighted by atomic mass is 32.1. The molecule has 0 radical (unpaired) electrons. The summed E-state index contributed by atoms with van der Waals surface area (Å²) in [5, 5.41) is 8.97. The first kappa shape index (κ1) is 18.4. The van der Waals surface area contributed by atoms with Crippen LogP contribution in [-0.4, -0.2) is 33.4 Å². The lowest BCUT2D eigenvalue weighted by Crippen LogP contribution is -2.29. The Morgan fingerprint density at radius 2 is 2.00 bits per heavy atom. The van der Waals surface area contributed by atoms with Crippen molar-refractivity contribution in [3.8, 4) is 5.75 Å². The lowest BCUT2D eigenvalue weighted by atomic mass is 10.1. The fraction of sp³-hybridized carbons (Fsp3) is 0.556. The zero-order valence-electron chi connectivity index (χ0n) is 15.3. The predicted octanol–water partition coefficient (Wildman–Crippen LogP) is 4.52. The van der Waals surface area contributed by atoms with E-state index in [1.54, 1.807) is 7.11 Å². The van der Waals surface area contributed by atoms with Gasteiger partial charge in [0, 0.05) is 18.1 Å². The van der Waals surface area contributed by atoms with Crippen LogP contribution in [0.3, 0.4) is 0 Å². The van der Waals surface area contributed by atoms with Crippen LogP contribution in [-0.2, 0) is 13.2 Å². The van der Waals surface area contributed by atoms with E-state index < -0.39 is 0 Å². The van der Waals surface area contributed by atoms with Crippen LogP contribution >= 0.6 is 23.6 Å². The molecule has 0 atom stereocenters. The zero-order valence-corrected chi connectivity index (χ0v) is 16.9. The summed E-state index contributed by atoms with van der Waals surface area (Å²) in [5.74, 6) is 0.890. The maximum atomic E-state index is 5.52. The molecule has 1 N–H and O–H groups in total. The third-order valence-corrected chi connectivity index (χ3v) is 5.23. The summed E-state index contributed by atoms with van der Waals surface area (Å²) in [6, 6.07) is 8.91. The van der Waals surface area contributed by atoms with Crippen molar-refractivity contribution < 1.29 is 4.74 Å². The van der Waals surface area contributed by atoms with Gasteiger partial charge in [-0.1, -0.05) is 23.5 Å². The van der Waals surface area contributed by atoms with Gasteiger partial charge in [-0.2, -0.15) is 0 Å². The Bertz CT molecular complexity index is 757. The summed E-state index contributed by atoms with van der Waals surface area (Å²) < 4.78 is 7.99. The van der Waals surface area contributed by atoms with Crippen molar-refractivity contribution in [3.05, 3.63) is 33.8 Å². The molecule has 136 valence electrons. The number of aromatic nitrogens is 2. The molecule has 0 amide bonds. The van der Waals surface area contributed by atoms with E-state index >= 15 is 0 Å². The SMILES string of the molecule is COc1ccc(CN(Cn2nc(NC(C)(C)C)sc2=S)C2CC2)cc1. The first-order valence-corrected chi connectivity index (χ1v) is 9.80. The summed E-state index contributed by atoms with van der Waals surface area (Å²) in [7, 11) is 1.69. The maximum absolute atomic E-state index is 5.52. The lowest BCUT2D eigenvalue weighted by Gasteiger charge is -2.22. The normalized spacial score (nSPS) is 14.8. The molecule has 0 aliphatic heterocycles. The van der Waals surface area contributed by atoms with Crippen molar-refractivity contribution in [2.75, 3.05) is 12.4 Å². The molecule has 7 heteroatoms. The van der Waals surface area contributed by atoms with E-state index in [1.165, 1.54) is 29.7 Å². The minimum atomic E-state index is -0.0171. The highest BCUT2D eigenvalue weighted by Gasteiger charge is 2.29. The van der Waals surface area contributed by atoms with Gasteiger partial charge in [0.05, 0.1) is 13.8 Å². The van der Waals surface area contributed by atoms with Crippen molar-refractivity contribution in [1.82, 2.24) is 14.7 Å². The molecule has 0 saturated heterocycles. The van der Waals surface area contributed by atoms with Gasteiger partial charge in [0.2, 0.25) is 5.13 Å². The van der Waals surface area contributed by atoms with E-state index in [9.17, 15) is 0 Å². The standard InChI is InChI=1S/C18H26N4OS2/c1-18(2,3)19-16-20-22(17(24)25-16)12-21(14-7-8-14)11-13-5-9-15(23-4)10-6-13/h5-6,9-10,14H,7-8,11-12H2,1-4H3,(H,19,20). The van der Waals surface area contributed by atoms with Crippen molar-refractivity contribution in [2.24, 2.45) is 0 Å². The molecule has 1 heterocycles. The Morgan fingerprint density at radius 1 is 1.32 bits per heavy atom. The van der Waals surface area contributed by atoms with Gasteiger partial charge in [0.1, 0.15) is 5.75 Å². The van der Waals surface area contributed by atoms with Crippen LogP contribution in [0.4, 0.5) is 5.13 Å². The van der Waals surface area contributed by atoms with Crippen LogP contribution in [0.5, 0.6) is 5.75 Å². The van der Waals surface area contributed by atoms with Gasteiger partial charge in [0.15, 0.2) is 3.95 Å². The maximum Gasteiger partial charge on any atom is 0.205 e. The number of nitrogens with one attached hydrogen (secondary N) is 1. The van der Waals surface area contributed by atoms with Crippen LogP contribution in [0.1, 0.15) is 39.2 Å². The molecule has 1 aromatic carbocycles. The number of rotatable bonds is 7. The summed E-state index contributed by atoms with van der Waals surface area (Å²) in [5.41, 5.74) is 1.26. The molecule has 1 aliphatic rings. The molecule has 1 saturated carbocycles. The summed E-state index contributed by atoms with van der Waals surface area (Å²) >= 11 is 7.06. The third kappa shape index (κ3) is 5.26. The number of benzene rings is 1. The van der Waals surface area contributed by atoms with Gasteiger partial charge in [0.25, 0.3) is 0 Å². The van der Waals surface area contributed by atoms with E-state index in [0.717, 1.165) is 28.0 Å². The number of anilines is 1. The first-order valence-electron chi connectivity index (χ1n) is 8.57. The molecular formula is C18H26N4OS2. The van der Waals surface area contributed by atoms with Crippen LogP contribution in [0.2, 0.25) is 0 Å². The van der Waals surface area contributed by atoms with Gasteiger partial charge in [-0.3, -0.25) is 4.90 Å². The second-order valence-electron chi connectivity index (χ2n) is 7.52. The Labute approximate surface area is 158 Å². The molecule has 5 nitrogen and oxygen atoms in total. The summed E-state index contributed by atoms with van der Waals surface area (Å²) in [4.78, 5) is 2.46. The molecule has 2 aromatic rings. The lowest BCUT2D eigenvalue weighted by molar-refractivity contribution is 0.187. The molecular weight excluding hydrogens is 352 g/mol. The minimum absolute atomic E-state index is 0.0171. The van der Waals surface area contributed by atoms with E-state index in [0.29, 0.717) is 6.04 Å². The van der Waals surface area contributed by atoms with E-state index in [-0.39, 0.29) is 5.54 Å². The van der Waals surface area contributed by atoms with Crippen molar-refractivity contribution in [2.45, 2.75) is 58.4 Å². The van der Waals surface area contributed by atoms with Crippen LogP contribution < -0.4 is 10.1 Å². The Balaban J connectivity index is 1.70. The predicted molar refractivity (Wildman–Crippen MR) is 106 cm³/mol. The monoisotopic (exact) mass is 378 g/mol. The van der Waals surface area contributed by atoms with Gasteiger partial charge in [-0.05, 0) is 63.5 Å². The molecule has 0 unspecified atom stereocenters. The number of ether oxygens (including phenoxy) is 1. The highest BCUT2D eigenvalue weighted by molar-refractivity contribution is 7.73. The molecule has 0 spiro atoms. The van der Waals surface area contributed by atoms with E-state index in [1.807, 2.05) is 16.8 Å². The number of hydrogen-bond acceptors (Lipinski definition) is 6. The number of nitrogens with zero attached hydrogens (tertiary/aromatic N) is 3. The second-order valence-corrected chi connectivity index (χ2v) is 9.14. The van der Waals surface area contributed by atoms with Crippen molar-refractivity contribution in [1.29, 1.82) is 0 Å². The van der Waals surface area contributed by atoms with Gasteiger partial charge < -0.3 is 10.1 Å². The van der Waals surface area contributed by atoms with Crippen molar-refractivity contribution in [3.63, 3.8) is 0 Å². The Kier molecular flexibility index (Phi) is 5.46. The summed E-state index contributed by atoms with van der Waals surface area (Å²) in [6.07, 6.45) is 2.50. The quantitative estimate of drug-likeness (QED) is 0.718. The second kappa shape index (κ2) is 7.43. The minimum Gasteiger partial charge on any atom is -0.497 e. The molecule has 1 aliphatic carbocycles. The average molecular weight is 379 g/mol. The first-order chi connectivity index (χ1) is 11.8. The third-order valence-electron chi connectivity index (χ3n) is 4.01. The largest absolute Gasteiger partial charge is 0.497 e. The Morgan fingerprint density at radius 3 is 2.56 bits per heavy atom. The van der Waals surface area contributed by atoms with Crippen molar-refractivity contribution >= 4 is 28.7 Å². The summed E-state index contributed by atoms with van der Waals surface area (Å²) in [6.45, 7) is 8.01. The molecule has 25 heavy (non-hydrogen) atoms. The molecule has 1 aromatic heterocycles. The average Bonchev–Trinajstić information content (AvgIpc) is 3.32. The molecule has 3 rings (SSSR count). The van der Waals surface area contributed by atoms with E-state index in [4.69, 9.17) is 17.0 Å². The number of hydrogen-bond donors (Lipinski definition) is 1. The fourth-order valence-electron chi connectivity index (χ4n) is 2.64. The van der Waals surface area contributed by atoms with Gasteiger partial charge in [-0.15, -0.1) is 5.10 Å². The fourth-order valence-corrected chi connectivity index (χ4v) is 3.84. The van der Waals surface area contributed by atoms with Gasteiger partial charge in [-0.25, -0.2) is 4.68 Å². The van der Waals surface area contributed by atoms with Crippen LogP contribution in [0.15, 0.2) is 24.3 Å². The van der Waals surface area contributed by atoms with E-state index in [2.05, 4.69) is 48.2 Å². The van der Waals surface area contributed by atoms with Crippen LogP contribution in [0.25, 0.3) is 0 Å². The molecule has 0 bridgehead atoms. The highest BCUT2D eigenvalue weighted by Crippen LogP contribution is 2.30. The Hall–Kier alpha value is -1.44. The zero-order chi connectivity index (χ0) is 18.0. The smallest absolute Gasteiger partial charge is 0.205 e. The topological polar surface area (TPSA) is 42.3 Å².